The summed E-state index contributed by atoms with van der Waals surface area (Å²) in [7, 11) is 0. The number of aliphatic hydroxyl groups is 5. The zero-order valence-electron chi connectivity index (χ0n) is 23.4. The fourth-order valence-corrected chi connectivity index (χ4v) is 5.74. The van der Waals surface area contributed by atoms with Crippen LogP contribution in [-0.2, 0) is 14.2 Å². The van der Waals surface area contributed by atoms with Gasteiger partial charge in [-0.25, -0.2) is 19.0 Å². The van der Waals surface area contributed by atoms with Gasteiger partial charge in [0, 0.05) is 42.8 Å². The predicted octanol–water partition coefficient (Wildman–Crippen LogP) is -1.06. The molecule has 1 aromatic carbocycles. The smallest absolute Gasteiger partial charge is 0.194 e. The van der Waals surface area contributed by atoms with Crippen LogP contribution < -0.4 is 22.6 Å². The molecule has 8 unspecified atom stereocenters. The van der Waals surface area contributed by atoms with E-state index in [9.17, 15) is 38.7 Å². The highest BCUT2D eigenvalue weighted by Gasteiger charge is 2.47. The Labute approximate surface area is 251 Å². The van der Waals surface area contributed by atoms with E-state index in [-0.39, 0.29) is 23.7 Å². The quantitative estimate of drug-likeness (QED) is 0.0543. The van der Waals surface area contributed by atoms with Crippen molar-refractivity contribution >= 4 is 17.5 Å². The van der Waals surface area contributed by atoms with E-state index in [1.54, 1.807) is 0 Å². The summed E-state index contributed by atoms with van der Waals surface area (Å²) in [6, 6.07) is 0.160. The lowest BCUT2D eigenvalue weighted by atomic mass is 9.96. The van der Waals surface area contributed by atoms with Crippen LogP contribution in [0.4, 0.5) is 13.2 Å². The third-order valence-electron chi connectivity index (χ3n) is 7.07. The van der Waals surface area contributed by atoms with Crippen LogP contribution in [0.3, 0.4) is 0 Å². The first-order valence-electron chi connectivity index (χ1n) is 13.5. The summed E-state index contributed by atoms with van der Waals surface area (Å²) in [6.07, 6.45) is -3.22. The monoisotopic (exact) mass is 639 g/mol. The van der Waals surface area contributed by atoms with Crippen molar-refractivity contribution in [3.63, 3.8) is 0 Å². The van der Waals surface area contributed by atoms with Gasteiger partial charge >= 0.3 is 0 Å². The Bertz CT molecular complexity index is 1090. The Balaban J connectivity index is 1.76. The average molecular weight is 640 g/mol. The van der Waals surface area contributed by atoms with E-state index in [0.717, 1.165) is 16.8 Å². The lowest BCUT2D eigenvalue weighted by Gasteiger charge is -2.44. The zero-order valence-corrected chi connectivity index (χ0v) is 24.2. The van der Waals surface area contributed by atoms with Gasteiger partial charge < -0.3 is 61.5 Å². The van der Waals surface area contributed by atoms with Gasteiger partial charge in [0.1, 0.15) is 35.2 Å². The second-order valence-corrected chi connectivity index (χ2v) is 11.5. The van der Waals surface area contributed by atoms with Gasteiger partial charge in [0.15, 0.2) is 23.7 Å². The molecule has 244 valence electrons. The summed E-state index contributed by atoms with van der Waals surface area (Å²) in [5.41, 5.74) is 9.92. The van der Waals surface area contributed by atoms with Gasteiger partial charge in [0.25, 0.3) is 0 Å². The molecule has 0 radical (unpaired) electrons. The molecule has 43 heavy (non-hydrogen) atoms. The maximum Gasteiger partial charge on any atom is 0.194 e. The van der Waals surface area contributed by atoms with E-state index in [2.05, 4.69) is 5.32 Å². The molecule has 13 nitrogen and oxygen atoms in total. The number of hydrogen-bond donors (Lipinski definition) is 9. The Morgan fingerprint density at radius 3 is 2.37 bits per heavy atom. The number of benzene rings is 1. The van der Waals surface area contributed by atoms with Crippen molar-refractivity contribution in [1.82, 2.24) is 10.3 Å². The number of allylic oxidation sites excluding steroid dienone is 1. The third-order valence-corrected chi connectivity index (χ3v) is 8.31. The summed E-state index contributed by atoms with van der Waals surface area (Å²) in [5, 5.41) is 55.7. The maximum absolute atomic E-state index is 13.6. The van der Waals surface area contributed by atoms with Crippen LogP contribution >= 0.6 is 11.8 Å². The fourth-order valence-electron chi connectivity index (χ4n) is 4.54. The Hall–Kier alpha value is -2.32. The maximum atomic E-state index is 13.6. The highest BCUT2D eigenvalue weighted by atomic mass is 32.2. The number of aliphatic hydroxyl groups excluding tert-OH is 5. The number of halogens is 3. The van der Waals surface area contributed by atoms with Crippen molar-refractivity contribution in [1.29, 1.82) is 0 Å². The fraction of sp³-hybridized carbons (Fsp3) is 0.615. The molecule has 1 aromatic rings. The first-order chi connectivity index (χ1) is 20.3. The first-order valence-corrected chi connectivity index (χ1v) is 14.5. The van der Waals surface area contributed by atoms with Crippen molar-refractivity contribution in [3.05, 3.63) is 53.2 Å². The molecule has 0 spiro atoms. The molecule has 2 fully saturated rings. The summed E-state index contributed by atoms with van der Waals surface area (Å²) < 4.78 is 57.1. The molecule has 2 aliphatic rings. The summed E-state index contributed by atoms with van der Waals surface area (Å²) in [5.74, 6) is 1.66. The lowest BCUT2D eigenvalue weighted by molar-refractivity contribution is -0.246. The second-order valence-electron chi connectivity index (χ2n) is 10.3. The minimum atomic E-state index is -1.77. The van der Waals surface area contributed by atoms with Crippen molar-refractivity contribution < 1.29 is 52.9 Å². The molecule has 0 amide bonds. The van der Waals surface area contributed by atoms with Crippen LogP contribution in [0.15, 0.2) is 30.2 Å². The molecule has 2 heterocycles. The SMILES string of the molecule is CC(O)C(CO)OC(CN/C=C(\N)c1cc(F)c(F)c(F)c1)SC1OC(O)C(O)C(N(N)/C=C(\N)C2CCOCC2)C1O. The lowest BCUT2D eigenvalue weighted by Crippen LogP contribution is -2.64. The number of ether oxygens (including phenoxy) is 3. The Morgan fingerprint density at radius 1 is 1.16 bits per heavy atom. The van der Waals surface area contributed by atoms with Crippen LogP contribution in [0.2, 0.25) is 0 Å². The van der Waals surface area contributed by atoms with Crippen molar-refractivity contribution in [2.45, 2.75) is 67.4 Å². The number of nitrogens with zero attached hydrogens (tertiary/aromatic N) is 1. The van der Waals surface area contributed by atoms with Gasteiger partial charge in [-0.15, -0.1) is 0 Å². The normalized spacial score (nSPS) is 27.9. The van der Waals surface area contributed by atoms with Crippen molar-refractivity contribution in [2.24, 2.45) is 23.2 Å². The minimum Gasteiger partial charge on any atom is -0.401 e. The largest absolute Gasteiger partial charge is 0.401 e. The van der Waals surface area contributed by atoms with Crippen LogP contribution in [0.25, 0.3) is 5.70 Å². The minimum absolute atomic E-state index is 0.0212. The number of nitrogens with two attached hydrogens (primary N) is 3. The highest BCUT2D eigenvalue weighted by molar-refractivity contribution is 8.00. The molecule has 3 rings (SSSR count). The molecule has 2 aliphatic heterocycles. The van der Waals surface area contributed by atoms with Gasteiger partial charge in [0.05, 0.1) is 25.0 Å². The van der Waals surface area contributed by atoms with Gasteiger partial charge in [-0.05, 0) is 31.9 Å². The topological polar surface area (TPSA) is 222 Å². The third kappa shape index (κ3) is 9.34. The molecule has 12 N–H and O–H groups in total. The molecule has 8 atom stereocenters. The Morgan fingerprint density at radius 2 is 1.79 bits per heavy atom. The van der Waals surface area contributed by atoms with E-state index < -0.39 is 71.7 Å². The van der Waals surface area contributed by atoms with Gasteiger partial charge in [-0.1, -0.05) is 11.8 Å². The number of hydrogen-bond acceptors (Lipinski definition) is 14. The highest BCUT2D eigenvalue weighted by Crippen LogP contribution is 2.33. The number of nitrogens with one attached hydrogen (secondary N) is 1. The van der Waals surface area contributed by atoms with Crippen LogP contribution in [0.5, 0.6) is 0 Å². The second kappa shape index (κ2) is 16.1. The van der Waals surface area contributed by atoms with Crippen LogP contribution in [0, 0.1) is 23.4 Å². The molecule has 0 aromatic heterocycles. The number of rotatable bonds is 13. The van der Waals surface area contributed by atoms with Gasteiger partial charge in [-0.2, -0.15) is 0 Å². The van der Waals surface area contributed by atoms with Gasteiger partial charge in [-0.3, -0.25) is 0 Å². The molecule has 2 saturated heterocycles. The van der Waals surface area contributed by atoms with Gasteiger partial charge in [0.2, 0.25) is 0 Å². The summed E-state index contributed by atoms with van der Waals surface area (Å²) >= 11 is 0.822. The van der Waals surface area contributed by atoms with E-state index in [0.29, 0.717) is 43.9 Å². The molecular weight excluding hydrogens is 599 g/mol. The van der Waals surface area contributed by atoms with Crippen LogP contribution in [0.1, 0.15) is 25.3 Å². The van der Waals surface area contributed by atoms with Crippen molar-refractivity contribution in [2.75, 3.05) is 26.4 Å². The van der Waals surface area contributed by atoms with Crippen molar-refractivity contribution in [3.8, 4) is 0 Å². The number of hydrazine groups is 1. The standard InChI is InChI=1S/C26H40F3N5O8S/c1-12(36)19(11-35)41-20(9-33-8-17(30)14-6-15(27)21(29)16(28)7-14)43-26-24(38)22(23(37)25(39)42-26)34(32)10-18(31)13-2-4-40-5-3-13/h6-8,10,12-13,19-20,22-26,33,35-39H,2-5,9,11,30-32H2,1H3/b17-8-,18-10-. The first kappa shape index (κ1) is 35.2. The van der Waals surface area contributed by atoms with E-state index in [1.807, 2.05) is 0 Å². The van der Waals surface area contributed by atoms with E-state index in [1.165, 1.54) is 19.3 Å². The molecular formula is C26H40F3N5O8S. The number of thioether (sulfide) groups is 1. The summed E-state index contributed by atoms with van der Waals surface area (Å²) in [4.78, 5) is 0. The predicted molar refractivity (Wildman–Crippen MR) is 150 cm³/mol. The van der Waals surface area contributed by atoms with E-state index in [4.69, 9.17) is 31.5 Å². The van der Waals surface area contributed by atoms with Crippen LogP contribution in [-0.4, -0.2) is 105 Å². The molecule has 0 aliphatic carbocycles. The molecule has 17 heteroatoms. The molecule has 0 saturated carbocycles. The average Bonchev–Trinajstić information content (AvgIpc) is 2.97. The Kier molecular flexibility index (Phi) is 13.2. The van der Waals surface area contributed by atoms with E-state index >= 15 is 0 Å². The summed E-state index contributed by atoms with van der Waals surface area (Å²) in [6.45, 7) is 1.72. The zero-order chi connectivity index (χ0) is 31.8. The molecule has 0 bridgehead atoms.